The van der Waals surface area contributed by atoms with Crippen molar-refractivity contribution in [2.24, 2.45) is 0 Å². The van der Waals surface area contributed by atoms with Crippen LogP contribution in [0.1, 0.15) is 59.5 Å². The summed E-state index contributed by atoms with van der Waals surface area (Å²) < 4.78 is 59.4. The molecule has 1 aliphatic heterocycles. The number of amides is 2. The Labute approximate surface area is 277 Å². The first-order valence-electron chi connectivity index (χ1n) is 15.1. The van der Waals surface area contributed by atoms with E-state index in [1.54, 1.807) is 49.8 Å². The summed E-state index contributed by atoms with van der Waals surface area (Å²) in [4.78, 5) is 32.7. The summed E-state index contributed by atoms with van der Waals surface area (Å²) in [5.41, 5.74) is 1.73. The Bertz CT molecular complexity index is 2050. The van der Waals surface area contributed by atoms with E-state index in [2.05, 4.69) is 4.98 Å². The van der Waals surface area contributed by atoms with Crippen LogP contribution in [0.3, 0.4) is 0 Å². The molecule has 0 saturated heterocycles. The zero-order valence-corrected chi connectivity index (χ0v) is 27.2. The zero-order valence-electron chi connectivity index (χ0n) is 26.3. The predicted molar refractivity (Wildman–Crippen MR) is 176 cm³/mol. The van der Waals surface area contributed by atoms with Gasteiger partial charge in [0.05, 0.1) is 12.1 Å². The molecule has 0 atom stereocenters. The Hall–Kier alpha value is -5.49. The van der Waals surface area contributed by atoms with Gasteiger partial charge in [-0.25, -0.2) is 9.18 Å². The molecule has 0 aliphatic carbocycles. The lowest BCUT2D eigenvalue weighted by atomic mass is 9.99. The lowest BCUT2D eigenvalue weighted by molar-refractivity contribution is 0.0566. The Morgan fingerprint density at radius 2 is 1.54 bits per heavy atom. The highest BCUT2D eigenvalue weighted by atomic mass is 32.2. The van der Waals surface area contributed by atoms with E-state index < -0.39 is 39.8 Å². The highest BCUT2D eigenvalue weighted by molar-refractivity contribution is 7.85. The molecule has 6 rings (SSSR count). The second-order valence-corrected chi connectivity index (χ2v) is 13.4. The number of aromatic nitrogens is 1. The van der Waals surface area contributed by atoms with E-state index in [-0.39, 0.29) is 46.6 Å². The van der Waals surface area contributed by atoms with E-state index in [4.69, 9.17) is 13.7 Å². The summed E-state index contributed by atoms with van der Waals surface area (Å²) >= 11 is 0. The topological polar surface area (TPSA) is 124 Å². The molecule has 2 amide bonds. The largest absolute Gasteiger partial charge is 0.478 e. The van der Waals surface area contributed by atoms with Crippen LogP contribution in [0.2, 0.25) is 0 Å². The van der Waals surface area contributed by atoms with E-state index >= 15 is 0 Å². The van der Waals surface area contributed by atoms with E-state index in [9.17, 15) is 22.4 Å². The van der Waals surface area contributed by atoms with E-state index in [1.165, 1.54) is 23.2 Å². The third-order valence-corrected chi connectivity index (χ3v) is 8.25. The van der Waals surface area contributed by atoms with Gasteiger partial charge in [-0.1, -0.05) is 72.8 Å². The average molecular weight is 670 g/mol. The number of hydrogen-bond donors (Lipinski definition) is 1. The first-order chi connectivity index (χ1) is 22.9. The van der Waals surface area contributed by atoms with Gasteiger partial charge in [-0.3, -0.25) is 9.78 Å². The van der Waals surface area contributed by atoms with Crippen LogP contribution >= 0.6 is 0 Å². The summed E-state index contributed by atoms with van der Waals surface area (Å²) in [6.45, 7) is 4.77. The molecular weight excluding hydrogens is 637 g/mol. The maximum atomic E-state index is 14.3. The molecule has 12 heteroatoms. The summed E-state index contributed by atoms with van der Waals surface area (Å²) in [5, 5.41) is 0.233. The molecule has 0 saturated carbocycles. The van der Waals surface area contributed by atoms with Gasteiger partial charge in [0.25, 0.3) is 5.91 Å². The van der Waals surface area contributed by atoms with Crippen LogP contribution in [0.25, 0.3) is 10.9 Å². The number of carbonyl (C=O) groups is 2. The number of fused-ring (bicyclic) bond motifs is 2. The molecule has 246 valence electrons. The van der Waals surface area contributed by atoms with Crippen molar-refractivity contribution in [1.29, 1.82) is 0 Å². The molecule has 10 nitrogen and oxygen atoms in total. The number of rotatable bonds is 9. The summed E-state index contributed by atoms with van der Waals surface area (Å²) in [6.07, 6.45) is -0.414. The van der Waals surface area contributed by atoms with Crippen molar-refractivity contribution >= 4 is 33.2 Å². The molecule has 48 heavy (non-hydrogen) atoms. The Balaban J connectivity index is 1.50. The first kappa shape index (κ1) is 32.5. The van der Waals surface area contributed by atoms with Gasteiger partial charge in [-0.05, 0) is 61.7 Å². The minimum Gasteiger partial charge on any atom is -0.478 e. The SMILES string of the molecule is CC(C)(C)OC(=O)NS(=O)(=O)Oc1c2c(c(OC(c3ccccc3)c3ccccc3)c3ncccc13)C(=O)N(Cc1ccc(F)cc1)C2. The average Bonchev–Trinajstić information content (AvgIpc) is 3.36. The van der Waals surface area contributed by atoms with Gasteiger partial charge in [0.2, 0.25) is 0 Å². The van der Waals surface area contributed by atoms with Crippen molar-refractivity contribution < 1.29 is 36.1 Å². The van der Waals surface area contributed by atoms with Gasteiger partial charge >= 0.3 is 16.4 Å². The Morgan fingerprint density at radius 3 is 2.15 bits per heavy atom. The van der Waals surface area contributed by atoms with Gasteiger partial charge in [-0.15, -0.1) is 0 Å². The fourth-order valence-corrected chi connectivity index (χ4v) is 6.18. The molecule has 0 unspecified atom stereocenters. The summed E-state index contributed by atoms with van der Waals surface area (Å²) in [5.74, 6) is -0.953. The predicted octanol–water partition coefficient (Wildman–Crippen LogP) is 6.85. The normalized spacial score (nSPS) is 13.0. The number of carbonyl (C=O) groups excluding carboxylic acids is 2. The standard InChI is InChI=1S/C36H32FN3O7S/c1-36(2,3)46-35(42)39-48(43,44)47-32-27-15-10-20-38-30(27)33(45-31(24-11-6-4-7-12-24)25-13-8-5-9-14-25)29-28(32)22-40(34(29)41)21-23-16-18-26(37)19-17-23/h4-20,31H,21-22H2,1-3H3,(H,39,42). The minimum absolute atomic E-state index is 0.0580. The third-order valence-electron chi connectivity index (χ3n) is 7.45. The molecule has 0 spiro atoms. The molecule has 5 aromatic rings. The van der Waals surface area contributed by atoms with Gasteiger partial charge in [-0.2, -0.15) is 13.1 Å². The van der Waals surface area contributed by atoms with Gasteiger partial charge in [0.15, 0.2) is 11.5 Å². The Morgan fingerprint density at radius 1 is 0.917 bits per heavy atom. The fraction of sp³-hybridized carbons (Fsp3) is 0.194. The zero-order chi connectivity index (χ0) is 34.1. The maximum Gasteiger partial charge on any atom is 0.424 e. The molecule has 4 aromatic carbocycles. The number of halogens is 1. The molecule has 0 radical (unpaired) electrons. The Kier molecular flexibility index (Phi) is 8.76. The van der Waals surface area contributed by atoms with Crippen molar-refractivity contribution in [2.45, 2.75) is 45.6 Å². The molecular formula is C36H32FN3O7S. The van der Waals surface area contributed by atoms with E-state index in [0.29, 0.717) is 5.56 Å². The molecule has 1 N–H and O–H groups in total. The van der Waals surface area contributed by atoms with Gasteiger partial charge in [0, 0.05) is 23.7 Å². The van der Waals surface area contributed by atoms with Crippen LogP contribution in [0.4, 0.5) is 9.18 Å². The number of nitrogens with zero attached hydrogens (tertiary/aromatic N) is 2. The lowest BCUT2D eigenvalue weighted by Crippen LogP contribution is -2.38. The van der Waals surface area contributed by atoms with Crippen molar-refractivity contribution in [2.75, 3.05) is 0 Å². The number of ether oxygens (including phenoxy) is 2. The van der Waals surface area contributed by atoms with Gasteiger partial charge < -0.3 is 18.6 Å². The van der Waals surface area contributed by atoms with E-state index in [1.807, 2.05) is 60.7 Å². The minimum atomic E-state index is -4.80. The molecule has 1 aliphatic rings. The molecule has 0 fully saturated rings. The number of hydrogen-bond acceptors (Lipinski definition) is 8. The van der Waals surface area contributed by atoms with Crippen LogP contribution in [0, 0.1) is 5.82 Å². The number of pyridine rings is 1. The van der Waals surface area contributed by atoms with Crippen molar-refractivity contribution in [3.05, 3.63) is 137 Å². The quantitative estimate of drug-likeness (QED) is 0.181. The molecule has 0 bridgehead atoms. The highest BCUT2D eigenvalue weighted by Gasteiger charge is 2.39. The van der Waals surface area contributed by atoms with Crippen molar-refractivity contribution in [3.63, 3.8) is 0 Å². The smallest absolute Gasteiger partial charge is 0.424 e. The maximum absolute atomic E-state index is 14.3. The van der Waals surface area contributed by atoms with E-state index in [0.717, 1.165) is 11.1 Å². The monoisotopic (exact) mass is 669 g/mol. The highest BCUT2D eigenvalue weighted by Crippen LogP contribution is 2.47. The van der Waals surface area contributed by atoms with Crippen LogP contribution in [-0.2, 0) is 28.1 Å². The first-order valence-corrected chi connectivity index (χ1v) is 16.5. The summed E-state index contributed by atoms with van der Waals surface area (Å²) in [6, 6.07) is 27.8. The summed E-state index contributed by atoms with van der Waals surface area (Å²) in [7, 11) is -4.80. The van der Waals surface area contributed by atoms with Gasteiger partial charge in [0.1, 0.15) is 23.0 Å². The second kappa shape index (κ2) is 13.0. The fourth-order valence-electron chi connectivity index (χ4n) is 5.48. The molecule has 1 aromatic heterocycles. The van der Waals surface area contributed by atoms with Crippen molar-refractivity contribution in [1.82, 2.24) is 14.6 Å². The van der Waals surface area contributed by atoms with Crippen LogP contribution in [0.15, 0.2) is 103 Å². The number of benzene rings is 4. The van der Waals surface area contributed by atoms with Crippen LogP contribution in [0.5, 0.6) is 11.5 Å². The van der Waals surface area contributed by atoms with Crippen LogP contribution in [-0.4, -0.2) is 35.9 Å². The van der Waals surface area contributed by atoms with Crippen molar-refractivity contribution in [3.8, 4) is 11.5 Å². The third kappa shape index (κ3) is 7.08. The number of nitrogens with one attached hydrogen (secondary N) is 1. The van der Waals surface area contributed by atoms with Crippen LogP contribution < -0.4 is 13.6 Å². The lowest BCUT2D eigenvalue weighted by Gasteiger charge is -2.23. The second-order valence-electron chi connectivity index (χ2n) is 12.2. The molecule has 2 heterocycles.